The Kier molecular flexibility index (Phi) is 2.69. The molecule has 0 aromatic rings. The van der Waals surface area contributed by atoms with Gasteiger partial charge in [0.05, 0.1) is 0 Å². The Morgan fingerprint density at radius 1 is 1.64 bits per heavy atom. The van der Waals surface area contributed by atoms with Gasteiger partial charge in [-0.3, -0.25) is 4.99 Å². The minimum absolute atomic E-state index is 0.541. The summed E-state index contributed by atoms with van der Waals surface area (Å²) in [6.45, 7) is 7.33. The van der Waals surface area contributed by atoms with Crippen LogP contribution in [0.5, 0.6) is 0 Å². The molecule has 0 amide bonds. The molecule has 11 heavy (non-hydrogen) atoms. The van der Waals surface area contributed by atoms with Gasteiger partial charge >= 0.3 is 0 Å². The van der Waals surface area contributed by atoms with Crippen molar-refractivity contribution in [2.45, 2.75) is 33.2 Å². The van der Waals surface area contributed by atoms with Crippen LogP contribution in [0, 0.1) is 0 Å². The van der Waals surface area contributed by atoms with Crippen LogP contribution in [-0.4, -0.2) is 23.3 Å². The molecule has 0 spiro atoms. The number of aliphatic imine (C=N–C) groups is 1. The Morgan fingerprint density at radius 3 is 2.91 bits per heavy atom. The molecule has 0 bridgehead atoms. The standard InChI is InChI=1S/C9H16N2/c1-4-10-9-6-5-7-11(9)8(2)3/h5,7-8H,4,6H2,1-3H3/b10-9-. The van der Waals surface area contributed by atoms with Crippen LogP contribution in [0.25, 0.3) is 0 Å². The molecule has 2 nitrogen and oxygen atoms in total. The van der Waals surface area contributed by atoms with E-state index in [1.807, 2.05) is 0 Å². The van der Waals surface area contributed by atoms with E-state index < -0.39 is 0 Å². The van der Waals surface area contributed by atoms with Gasteiger partial charge in [0.1, 0.15) is 5.84 Å². The molecule has 0 saturated carbocycles. The highest BCUT2D eigenvalue weighted by Gasteiger charge is 2.14. The molecule has 0 radical (unpaired) electrons. The van der Waals surface area contributed by atoms with Crippen molar-refractivity contribution in [1.82, 2.24) is 4.90 Å². The van der Waals surface area contributed by atoms with Crippen LogP contribution in [-0.2, 0) is 0 Å². The molecule has 0 aromatic heterocycles. The van der Waals surface area contributed by atoms with Crippen LogP contribution in [0.2, 0.25) is 0 Å². The second kappa shape index (κ2) is 3.56. The van der Waals surface area contributed by atoms with Crippen molar-refractivity contribution < 1.29 is 0 Å². The summed E-state index contributed by atoms with van der Waals surface area (Å²) in [4.78, 5) is 6.63. The van der Waals surface area contributed by atoms with Gasteiger partial charge in [0.2, 0.25) is 0 Å². The maximum absolute atomic E-state index is 4.41. The SMILES string of the molecule is CC/N=C1/CC=CN1C(C)C. The summed E-state index contributed by atoms with van der Waals surface area (Å²) in [5, 5.41) is 0. The fourth-order valence-electron chi connectivity index (χ4n) is 1.26. The van der Waals surface area contributed by atoms with Gasteiger partial charge in [-0.25, -0.2) is 0 Å². The van der Waals surface area contributed by atoms with Crippen molar-refractivity contribution in [3.63, 3.8) is 0 Å². The molecule has 0 aromatic carbocycles. The fourth-order valence-corrected chi connectivity index (χ4v) is 1.26. The Balaban J connectivity index is 2.63. The van der Waals surface area contributed by atoms with Crippen LogP contribution in [0.1, 0.15) is 27.2 Å². The van der Waals surface area contributed by atoms with Crippen molar-refractivity contribution in [2.75, 3.05) is 6.54 Å². The first-order chi connectivity index (χ1) is 5.25. The number of rotatable bonds is 2. The van der Waals surface area contributed by atoms with Crippen LogP contribution in [0.4, 0.5) is 0 Å². The van der Waals surface area contributed by atoms with E-state index in [4.69, 9.17) is 0 Å². The van der Waals surface area contributed by atoms with Gasteiger partial charge in [-0.1, -0.05) is 6.08 Å². The van der Waals surface area contributed by atoms with Gasteiger partial charge in [-0.2, -0.15) is 0 Å². The lowest BCUT2D eigenvalue weighted by Gasteiger charge is -2.21. The second-order valence-corrected chi connectivity index (χ2v) is 2.98. The Hall–Kier alpha value is -0.790. The molecule has 0 unspecified atom stereocenters. The van der Waals surface area contributed by atoms with E-state index in [-0.39, 0.29) is 0 Å². The third-order valence-corrected chi connectivity index (χ3v) is 1.76. The van der Waals surface area contributed by atoms with Crippen LogP contribution < -0.4 is 0 Å². The number of nitrogens with zero attached hydrogens (tertiary/aromatic N) is 2. The van der Waals surface area contributed by atoms with Gasteiger partial charge in [0.25, 0.3) is 0 Å². The topological polar surface area (TPSA) is 15.6 Å². The molecule has 0 saturated heterocycles. The number of amidine groups is 1. The fraction of sp³-hybridized carbons (Fsp3) is 0.667. The highest BCUT2D eigenvalue weighted by Crippen LogP contribution is 2.11. The highest BCUT2D eigenvalue weighted by atomic mass is 15.2. The van der Waals surface area contributed by atoms with Gasteiger partial charge in [0.15, 0.2) is 0 Å². The zero-order chi connectivity index (χ0) is 8.27. The molecule has 1 rings (SSSR count). The first kappa shape index (κ1) is 8.31. The summed E-state index contributed by atoms with van der Waals surface area (Å²) in [7, 11) is 0. The molecule has 1 aliphatic heterocycles. The van der Waals surface area contributed by atoms with Crippen LogP contribution in [0.15, 0.2) is 17.3 Å². The summed E-state index contributed by atoms with van der Waals surface area (Å²) in [6.07, 6.45) is 5.29. The molecule has 2 heteroatoms. The maximum Gasteiger partial charge on any atom is 0.107 e. The summed E-state index contributed by atoms with van der Waals surface area (Å²) >= 11 is 0. The van der Waals surface area contributed by atoms with Gasteiger partial charge < -0.3 is 4.90 Å². The van der Waals surface area contributed by atoms with E-state index in [2.05, 4.69) is 42.9 Å². The zero-order valence-corrected chi connectivity index (χ0v) is 7.54. The van der Waals surface area contributed by atoms with Crippen molar-refractivity contribution in [1.29, 1.82) is 0 Å². The van der Waals surface area contributed by atoms with E-state index in [0.29, 0.717) is 6.04 Å². The summed E-state index contributed by atoms with van der Waals surface area (Å²) in [5.41, 5.74) is 0. The molecule has 0 aliphatic carbocycles. The average molecular weight is 152 g/mol. The van der Waals surface area contributed by atoms with Gasteiger partial charge in [0, 0.05) is 25.2 Å². The monoisotopic (exact) mass is 152 g/mol. The van der Waals surface area contributed by atoms with Crippen molar-refractivity contribution in [3.05, 3.63) is 12.3 Å². The Labute approximate surface area is 68.6 Å². The minimum atomic E-state index is 0.541. The largest absolute Gasteiger partial charge is 0.334 e. The molecule has 0 atom stereocenters. The van der Waals surface area contributed by atoms with Crippen molar-refractivity contribution in [2.24, 2.45) is 4.99 Å². The van der Waals surface area contributed by atoms with E-state index in [0.717, 1.165) is 13.0 Å². The zero-order valence-electron chi connectivity index (χ0n) is 7.54. The van der Waals surface area contributed by atoms with E-state index in [1.165, 1.54) is 5.84 Å². The first-order valence-electron chi connectivity index (χ1n) is 4.24. The third kappa shape index (κ3) is 1.82. The predicted molar refractivity (Wildman–Crippen MR) is 48.7 cm³/mol. The Morgan fingerprint density at radius 2 is 2.36 bits per heavy atom. The number of hydrogen-bond acceptors (Lipinski definition) is 1. The third-order valence-electron chi connectivity index (χ3n) is 1.76. The van der Waals surface area contributed by atoms with Crippen LogP contribution >= 0.6 is 0 Å². The molecule has 1 aliphatic rings. The molecular weight excluding hydrogens is 136 g/mol. The molecule has 62 valence electrons. The van der Waals surface area contributed by atoms with E-state index in [9.17, 15) is 0 Å². The lowest BCUT2D eigenvalue weighted by atomic mass is 10.3. The molecule has 0 N–H and O–H groups in total. The average Bonchev–Trinajstić information content (AvgIpc) is 2.36. The van der Waals surface area contributed by atoms with Crippen molar-refractivity contribution in [3.8, 4) is 0 Å². The first-order valence-corrected chi connectivity index (χ1v) is 4.24. The quantitative estimate of drug-likeness (QED) is 0.591. The van der Waals surface area contributed by atoms with Crippen molar-refractivity contribution >= 4 is 5.84 Å². The van der Waals surface area contributed by atoms with Crippen LogP contribution in [0.3, 0.4) is 0 Å². The highest BCUT2D eigenvalue weighted by molar-refractivity contribution is 5.87. The van der Waals surface area contributed by atoms with Gasteiger partial charge in [-0.15, -0.1) is 0 Å². The minimum Gasteiger partial charge on any atom is -0.334 e. The van der Waals surface area contributed by atoms with E-state index in [1.54, 1.807) is 0 Å². The summed E-state index contributed by atoms with van der Waals surface area (Å²) in [6, 6.07) is 0.541. The van der Waals surface area contributed by atoms with Gasteiger partial charge in [-0.05, 0) is 20.8 Å². The summed E-state index contributed by atoms with van der Waals surface area (Å²) < 4.78 is 0. The lowest BCUT2D eigenvalue weighted by molar-refractivity contribution is 0.463. The molecule has 0 fully saturated rings. The summed E-state index contributed by atoms with van der Waals surface area (Å²) in [5.74, 6) is 1.21. The molecule has 1 heterocycles. The molecular formula is C9H16N2. The lowest BCUT2D eigenvalue weighted by Crippen LogP contribution is -2.28. The maximum atomic E-state index is 4.41. The predicted octanol–water partition coefficient (Wildman–Crippen LogP) is 2.03. The normalized spacial score (nSPS) is 20.7. The second-order valence-electron chi connectivity index (χ2n) is 2.98. The Bertz CT molecular complexity index is 180. The van der Waals surface area contributed by atoms with E-state index >= 15 is 0 Å². The number of hydrogen-bond donors (Lipinski definition) is 0. The smallest absolute Gasteiger partial charge is 0.107 e.